The molecule has 0 saturated heterocycles. The Morgan fingerprint density at radius 1 is 0.600 bits per heavy atom. The van der Waals surface area contributed by atoms with Crippen LogP contribution in [0.25, 0.3) is 16.7 Å². The van der Waals surface area contributed by atoms with Crippen molar-refractivity contribution in [1.82, 2.24) is 0 Å². The van der Waals surface area contributed by atoms with E-state index in [0.717, 1.165) is 17.9 Å². The van der Waals surface area contributed by atoms with Gasteiger partial charge in [0, 0.05) is 0 Å². The van der Waals surface area contributed by atoms with E-state index in [1.807, 2.05) is 6.07 Å². The van der Waals surface area contributed by atoms with Gasteiger partial charge in [0.25, 0.3) is 0 Å². The maximum absolute atomic E-state index is 5.81. The van der Waals surface area contributed by atoms with Crippen molar-refractivity contribution in [2.75, 3.05) is 14.2 Å². The molecule has 0 amide bonds. The molecular formula is C47H48HfO2. The topological polar surface area (TPSA) is 18.5 Å². The molecule has 0 atom stereocenters. The zero-order valence-electron chi connectivity index (χ0n) is 30.7. The molecule has 0 N–H and O–H groups in total. The summed E-state index contributed by atoms with van der Waals surface area (Å²) in [5.74, 6) is 1.63. The van der Waals surface area contributed by atoms with Crippen LogP contribution in [0.5, 0.6) is 11.5 Å². The van der Waals surface area contributed by atoms with Crippen molar-refractivity contribution < 1.29 is 30.4 Å². The predicted molar refractivity (Wildman–Crippen MR) is 207 cm³/mol. The van der Waals surface area contributed by atoms with Crippen molar-refractivity contribution in [2.45, 2.75) is 62.5 Å². The first-order valence-electron chi connectivity index (χ1n) is 17.8. The van der Waals surface area contributed by atoms with Gasteiger partial charge in [0.1, 0.15) is 0 Å². The molecule has 5 aromatic rings. The predicted octanol–water partition coefficient (Wildman–Crippen LogP) is 11.6. The van der Waals surface area contributed by atoms with Crippen molar-refractivity contribution in [3.63, 3.8) is 0 Å². The molecule has 7 rings (SSSR count). The molecule has 252 valence electrons. The van der Waals surface area contributed by atoms with Gasteiger partial charge < -0.3 is 0 Å². The van der Waals surface area contributed by atoms with E-state index in [9.17, 15) is 0 Å². The molecule has 0 saturated carbocycles. The van der Waals surface area contributed by atoms with Crippen LogP contribution < -0.4 is 9.47 Å². The quantitative estimate of drug-likeness (QED) is 0.152. The number of fused-ring (bicyclic) bond motifs is 3. The number of benzene rings is 5. The summed E-state index contributed by atoms with van der Waals surface area (Å²) in [5.41, 5.74) is 13.9. The third kappa shape index (κ3) is 6.46. The number of methoxy groups -OCH3 is 2. The molecule has 0 radical (unpaired) electrons. The summed E-state index contributed by atoms with van der Waals surface area (Å²) in [6, 6.07) is 43.6. The van der Waals surface area contributed by atoms with E-state index in [1.165, 1.54) is 55.6 Å². The van der Waals surface area contributed by atoms with E-state index in [0.29, 0.717) is 3.67 Å². The molecule has 2 nitrogen and oxygen atoms in total. The summed E-state index contributed by atoms with van der Waals surface area (Å²) in [5, 5.41) is 0. The summed E-state index contributed by atoms with van der Waals surface area (Å²) in [6.07, 6.45) is 5.72. The van der Waals surface area contributed by atoms with E-state index in [4.69, 9.17) is 9.47 Å². The average Bonchev–Trinajstić information content (AvgIpc) is 3.73. The van der Waals surface area contributed by atoms with E-state index in [1.54, 1.807) is 20.8 Å². The molecule has 3 heteroatoms. The molecule has 0 heterocycles. The van der Waals surface area contributed by atoms with Crippen molar-refractivity contribution in [3.05, 3.63) is 170 Å². The maximum atomic E-state index is 5.81. The van der Waals surface area contributed by atoms with Crippen molar-refractivity contribution >= 4 is 8.83 Å². The molecule has 2 aliphatic carbocycles. The first-order chi connectivity index (χ1) is 24.0. The molecule has 0 unspecified atom stereocenters. The molecule has 0 fully saturated rings. The zero-order valence-corrected chi connectivity index (χ0v) is 34.3. The van der Waals surface area contributed by atoms with Gasteiger partial charge in [-0.1, -0.05) is 0 Å². The van der Waals surface area contributed by atoms with Gasteiger partial charge >= 0.3 is 308 Å². The van der Waals surface area contributed by atoms with Crippen LogP contribution in [-0.4, -0.2) is 17.5 Å². The summed E-state index contributed by atoms with van der Waals surface area (Å²) >= 11 is -3.32. The Hall–Kier alpha value is -4.08. The van der Waals surface area contributed by atoms with Crippen molar-refractivity contribution in [1.29, 1.82) is 0 Å². The Labute approximate surface area is 306 Å². The second kappa shape index (κ2) is 13.6. The molecule has 5 aromatic carbocycles. The number of hydrogen-bond acceptors (Lipinski definition) is 2. The third-order valence-electron chi connectivity index (χ3n) is 10.3. The minimum atomic E-state index is -3.32. The van der Waals surface area contributed by atoms with Crippen LogP contribution in [0.2, 0.25) is 0 Å². The van der Waals surface area contributed by atoms with Gasteiger partial charge in [-0.15, -0.1) is 0 Å². The standard InChI is InChI=1S/C21H25.C13H13O2.C13H10.Hf/c1-20(2,3)16-7-9-18-14(12-16)11-15-13-17(21(4,5)6)8-10-19(15)18;1-14-12-7-11(8-13(9-12)15-2)10-5-3-4-6-10;1-3-7-12(8-4-1)11-13-9-5-2-6-10-13;/h7-13H,1-6H3;3,5,7-9H,4H2,1-2H3;1-10H;. The summed E-state index contributed by atoms with van der Waals surface area (Å²) in [6.45, 7) is 14.0. The van der Waals surface area contributed by atoms with Gasteiger partial charge in [-0.25, -0.2) is 0 Å². The fourth-order valence-electron chi connectivity index (χ4n) is 7.66. The zero-order chi connectivity index (χ0) is 35.2. The van der Waals surface area contributed by atoms with Gasteiger partial charge in [0.05, 0.1) is 0 Å². The van der Waals surface area contributed by atoms with Crippen LogP contribution >= 0.6 is 0 Å². The molecule has 2 aliphatic rings. The monoisotopic (exact) mass is 824 g/mol. The second-order valence-electron chi connectivity index (χ2n) is 15.7. The Morgan fingerprint density at radius 2 is 1.08 bits per heavy atom. The van der Waals surface area contributed by atoms with Crippen LogP contribution in [0.4, 0.5) is 0 Å². The summed E-state index contributed by atoms with van der Waals surface area (Å²) < 4.78 is 15.1. The third-order valence-corrected chi connectivity index (χ3v) is 22.7. The molecule has 50 heavy (non-hydrogen) atoms. The first kappa shape index (κ1) is 34.4. The summed E-state index contributed by atoms with van der Waals surface area (Å²) in [7, 11) is 3.48. The molecule has 0 spiro atoms. The van der Waals surface area contributed by atoms with Gasteiger partial charge in [-0.3, -0.25) is 0 Å². The molecule has 0 aliphatic heterocycles. The van der Waals surface area contributed by atoms with Crippen molar-refractivity contribution in [2.24, 2.45) is 0 Å². The first-order valence-corrected chi connectivity index (χ1v) is 23.4. The molecular weight excluding hydrogens is 775 g/mol. The number of allylic oxidation sites excluding steroid dienone is 4. The van der Waals surface area contributed by atoms with Crippen LogP contribution in [0.15, 0.2) is 131 Å². The number of hydrogen-bond donors (Lipinski definition) is 0. The molecule has 0 bridgehead atoms. The number of rotatable bonds is 7. The van der Waals surface area contributed by atoms with Crippen molar-refractivity contribution in [3.8, 4) is 22.6 Å². The van der Waals surface area contributed by atoms with Gasteiger partial charge in [0.2, 0.25) is 0 Å². The fourth-order valence-corrected chi connectivity index (χ4v) is 21.5. The van der Waals surface area contributed by atoms with Gasteiger partial charge in [0.15, 0.2) is 0 Å². The Balaban J connectivity index is 1.65. The minimum absolute atomic E-state index is 0.0398. The summed E-state index contributed by atoms with van der Waals surface area (Å²) in [4.78, 5) is 0. The van der Waals surface area contributed by atoms with Crippen LogP contribution in [0, 0.1) is 0 Å². The normalized spacial score (nSPS) is 14.1. The van der Waals surface area contributed by atoms with Crippen LogP contribution in [0.3, 0.4) is 0 Å². The average molecular weight is 823 g/mol. The Kier molecular flexibility index (Phi) is 9.33. The van der Waals surface area contributed by atoms with E-state index in [2.05, 4.69) is 163 Å². The van der Waals surface area contributed by atoms with E-state index >= 15 is 0 Å². The second-order valence-corrected chi connectivity index (χ2v) is 24.7. The van der Waals surface area contributed by atoms with Crippen LogP contribution in [-0.2, 0) is 31.8 Å². The fraction of sp³-hybridized carbons (Fsp3) is 0.255. The van der Waals surface area contributed by atoms with Crippen LogP contribution in [0.1, 0.15) is 90.6 Å². The Bertz CT molecular complexity index is 2030. The van der Waals surface area contributed by atoms with Gasteiger partial charge in [-0.2, -0.15) is 0 Å². The van der Waals surface area contributed by atoms with E-state index < -0.39 is 21.0 Å². The van der Waals surface area contributed by atoms with E-state index in [-0.39, 0.29) is 10.8 Å². The number of ether oxygens (including phenoxy) is 2. The molecule has 0 aromatic heterocycles. The Morgan fingerprint density at radius 3 is 1.52 bits per heavy atom. The van der Waals surface area contributed by atoms with Gasteiger partial charge in [-0.05, 0) is 0 Å². The SMILES string of the molecule is COc1cc(OC)cc(C2=[C]([Hf](=[C](c3ccccc3)c3ccccc3)[CH]3c4cc(C(C)(C)C)ccc4-c4ccc(C(C)(C)C)cc43)CC=C2)c1.